The summed E-state index contributed by atoms with van der Waals surface area (Å²) in [4.78, 5) is 27.3. The number of carbonyl (C=O) groups excluding carboxylic acids is 2. The predicted octanol–water partition coefficient (Wildman–Crippen LogP) is -5.26. The van der Waals surface area contributed by atoms with Crippen LogP contribution in [0.1, 0.15) is 0 Å². The highest BCUT2D eigenvalue weighted by molar-refractivity contribution is 6.29. The molecule has 0 heterocycles. The van der Waals surface area contributed by atoms with Crippen LogP contribution >= 0.6 is 0 Å². The summed E-state index contributed by atoms with van der Waals surface area (Å²) in [5.41, 5.74) is 0. The number of carbonyl (C=O) groups is 2. The third-order valence-corrected chi connectivity index (χ3v) is 0.429. The molecule has 0 aromatic carbocycles. The zero-order valence-corrected chi connectivity index (χ0v) is 5.05. The molecule has 0 aromatic rings. The monoisotopic (exact) mass is 158 g/mol. The van der Waals surface area contributed by atoms with Gasteiger partial charge in [-0.05, 0) is 0 Å². The molecule has 62 valence electrons. The maximum absolute atomic E-state index is 9.94. The molecule has 0 radical (unpaired) electrons. The fraction of sp³-hybridized carbons (Fsp3) is 0. The summed E-state index contributed by atoms with van der Waals surface area (Å²) in [5, 5.41) is 0. The van der Waals surface area contributed by atoms with E-state index in [9.17, 15) is 9.59 Å². The standard InChI is InChI=1S/C2H6N2O4.2H2O/c3-7-1(5)2(6)8-4;;/h3-4H3;2*1H2/q+2;;. The van der Waals surface area contributed by atoms with Gasteiger partial charge in [0.05, 0.1) is 0 Å². The smallest absolute Gasteiger partial charge is 0.412 e. The minimum atomic E-state index is -1.15. The molecule has 0 aromatic heterocycles. The van der Waals surface area contributed by atoms with Crippen molar-refractivity contribution in [3.05, 3.63) is 0 Å². The lowest BCUT2D eigenvalue weighted by molar-refractivity contribution is -0.668. The Morgan fingerprint density at radius 1 is 0.900 bits per heavy atom. The van der Waals surface area contributed by atoms with Crippen molar-refractivity contribution in [1.82, 2.24) is 0 Å². The van der Waals surface area contributed by atoms with E-state index in [1.54, 1.807) is 0 Å². The van der Waals surface area contributed by atoms with Crippen molar-refractivity contribution >= 4 is 11.9 Å². The van der Waals surface area contributed by atoms with Crippen LogP contribution in [0.25, 0.3) is 0 Å². The number of quaternary nitrogens is 2. The Labute approximate surface area is 55.2 Å². The molecule has 0 atom stereocenters. The molecule has 0 saturated heterocycles. The molecule has 0 spiro atoms. The normalized spacial score (nSPS) is 6.20. The SMILES string of the molecule is O.O.[NH3+]OC(=O)C(=O)O[NH3+]. The van der Waals surface area contributed by atoms with E-state index in [-0.39, 0.29) is 11.0 Å². The third-order valence-electron chi connectivity index (χ3n) is 0.429. The Hall–Kier alpha value is -1.22. The summed E-state index contributed by atoms with van der Waals surface area (Å²) >= 11 is 0. The van der Waals surface area contributed by atoms with Gasteiger partial charge in [-0.15, -0.1) is 0 Å². The first-order valence-electron chi connectivity index (χ1n) is 1.64. The Balaban J connectivity index is -0.000000245. The van der Waals surface area contributed by atoms with Crippen LogP contribution in [0, 0.1) is 0 Å². The topological polar surface area (TPSA) is 171 Å². The van der Waals surface area contributed by atoms with Gasteiger partial charge >= 0.3 is 11.9 Å². The Kier molecular flexibility index (Phi) is 12.4. The van der Waals surface area contributed by atoms with Gasteiger partial charge in [-0.1, -0.05) is 0 Å². The molecule has 0 unspecified atom stereocenters. The van der Waals surface area contributed by atoms with Crippen LogP contribution in [-0.2, 0) is 19.3 Å². The third kappa shape index (κ3) is 4.93. The van der Waals surface area contributed by atoms with Crippen LogP contribution in [0.4, 0.5) is 0 Å². The van der Waals surface area contributed by atoms with Crippen molar-refractivity contribution in [2.45, 2.75) is 0 Å². The van der Waals surface area contributed by atoms with E-state index in [1.165, 1.54) is 0 Å². The van der Waals surface area contributed by atoms with Crippen LogP contribution in [-0.4, -0.2) is 22.9 Å². The quantitative estimate of drug-likeness (QED) is 0.265. The van der Waals surface area contributed by atoms with E-state index >= 15 is 0 Å². The van der Waals surface area contributed by atoms with Crippen LogP contribution in [0.5, 0.6) is 0 Å². The molecule has 0 aliphatic rings. The van der Waals surface area contributed by atoms with E-state index in [0.717, 1.165) is 0 Å². The first kappa shape index (κ1) is 15.9. The predicted molar refractivity (Wildman–Crippen MR) is 25.2 cm³/mol. The lowest BCUT2D eigenvalue weighted by Gasteiger charge is -1.85. The highest BCUT2D eigenvalue weighted by Gasteiger charge is 2.18. The summed E-state index contributed by atoms with van der Waals surface area (Å²) in [6.45, 7) is 0. The van der Waals surface area contributed by atoms with Crippen molar-refractivity contribution in [2.24, 2.45) is 0 Å². The van der Waals surface area contributed by atoms with Crippen molar-refractivity contribution in [2.75, 3.05) is 0 Å². The largest absolute Gasteiger partial charge is 0.479 e. The molecular formula is C2H10N2O6+2. The zero-order valence-electron chi connectivity index (χ0n) is 5.05. The van der Waals surface area contributed by atoms with Crippen molar-refractivity contribution in [1.29, 1.82) is 0 Å². The lowest BCUT2D eigenvalue weighted by Crippen LogP contribution is -2.58. The first-order valence-corrected chi connectivity index (χ1v) is 1.64. The molecule has 8 nitrogen and oxygen atoms in total. The minimum absolute atomic E-state index is 0. The maximum atomic E-state index is 9.94. The number of rotatable bonds is 0. The second kappa shape index (κ2) is 7.78. The average molecular weight is 158 g/mol. The fourth-order valence-electron chi connectivity index (χ4n) is 0.118. The van der Waals surface area contributed by atoms with E-state index in [1.807, 2.05) is 0 Å². The molecule has 0 rings (SSSR count). The van der Waals surface area contributed by atoms with Gasteiger partial charge in [-0.2, -0.15) is 11.8 Å². The average Bonchev–Trinajstić information content (AvgIpc) is 1.84. The molecule has 0 fully saturated rings. The van der Waals surface area contributed by atoms with Gasteiger partial charge in [0.25, 0.3) is 0 Å². The first-order chi connectivity index (χ1) is 3.72. The van der Waals surface area contributed by atoms with Crippen molar-refractivity contribution < 1.29 is 42.0 Å². The van der Waals surface area contributed by atoms with Crippen molar-refractivity contribution in [3.63, 3.8) is 0 Å². The van der Waals surface area contributed by atoms with E-state index in [0.29, 0.717) is 0 Å². The maximum Gasteiger partial charge on any atom is 0.479 e. The minimum Gasteiger partial charge on any atom is -0.412 e. The molecule has 0 aliphatic heterocycles. The molecule has 0 bridgehead atoms. The molecule has 8 heteroatoms. The van der Waals surface area contributed by atoms with Crippen molar-refractivity contribution in [3.8, 4) is 0 Å². The molecular weight excluding hydrogens is 148 g/mol. The summed E-state index contributed by atoms with van der Waals surface area (Å²) in [6.07, 6.45) is 0. The summed E-state index contributed by atoms with van der Waals surface area (Å²) in [6, 6.07) is 0. The van der Waals surface area contributed by atoms with Gasteiger partial charge in [0, 0.05) is 0 Å². The lowest BCUT2D eigenvalue weighted by atomic mass is 10.7. The van der Waals surface area contributed by atoms with Gasteiger partial charge < -0.3 is 11.0 Å². The molecule has 0 aliphatic carbocycles. The molecule has 10 heavy (non-hydrogen) atoms. The molecule has 0 amide bonds. The fourth-order valence-corrected chi connectivity index (χ4v) is 0.118. The number of hydrogen-bond donors (Lipinski definition) is 2. The Bertz CT molecular complexity index is 98.3. The van der Waals surface area contributed by atoms with E-state index < -0.39 is 11.9 Å². The van der Waals surface area contributed by atoms with Gasteiger partial charge in [0.1, 0.15) is 0 Å². The van der Waals surface area contributed by atoms with Gasteiger partial charge in [-0.25, -0.2) is 9.59 Å². The van der Waals surface area contributed by atoms with E-state index in [2.05, 4.69) is 21.5 Å². The van der Waals surface area contributed by atoms with Gasteiger partial charge in [0.2, 0.25) is 0 Å². The second-order valence-electron chi connectivity index (χ2n) is 0.864. The highest BCUT2D eigenvalue weighted by Crippen LogP contribution is 1.68. The van der Waals surface area contributed by atoms with Gasteiger partial charge in [-0.3, -0.25) is 9.68 Å². The Morgan fingerprint density at radius 3 is 1.20 bits per heavy atom. The van der Waals surface area contributed by atoms with Crippen LogP contribution < -0.4 is 11.8 Å². The summed E-state index contributed by atoms with van der Waals surface area (Å²) in [7, 11) is 0. The second-order valence-corrected chi connectivity index (χ2v) is 0.864. The molecule has 0 saturated carbocycles. The highest BCUT2D eigenvalue weighted by atomic mass is 16.7. The molecule has 10 N–H and O–H groups in total. The number of hydrogen-bond acceptors (Lipinski definition) is 4. The van der Waals surface area contributed by atoms with Crippen LogP contribution in [0.3, 0.4) is 0 Å². The van der Waals surface area contributed by atoms with Gasteiger partial charge in [0.15, 0.2) is 0 Å². The van der Waals surface area contributed by atoms with Crippen LogP contribution in [0.15, 0.2) is 0 Å². The van der Waals surface area contributed by atoms with E-state index in [4.69, 9.17) is 0 Å². The van der Waals surface area contributed by atoms with Crippen LogP contribution in [0.2, 0.25) is 0 Å². The summed E-state index contributed by atoms with van der Waals surface area (Å²) in [5.74, 6) is 3.05. The Morgan fingerprint density at radius 2 is 1.10 bits per heavy atom. The zero-order chi connectivity index (χ0) is 6.57. The summed E-state index contributed by atoms with van der Waals surface area (Å²) < 4.78 is 0.